The Hall–Kier alpha value is -1.50. The van der Waals surface area contributed by atoms with Gasteiger partial charge in [0.2, 0.25) is 0 Å². The van der Waals surface area contributed by atoms with Crippen LogP contribution in [0.4, 0.5) is 0 Å². The molecule has 0 spiro atoms. The van der Waals surface area contributed by atoms with E-state index in [-0.39, 0.29) is 0 Å². The van der Waals surface area contributed by atoms with Crippen molar-refractivity contribution < 1.29 is 0 Å². The van der Waals surface area contributed by atoms with E-state index in [4.69, 9.17) is 0 Å². The standard InChI is InChI=1S/C24H14S5/c1-7-9(3)21-15-13-11(5-25-19(7)13)12-6-26-20-8(2)10(4)22-16(14(12)20)18-17(15)23(27-21)29-24(18)28-22/h5-6H,1-4H3. The summed E-state index contributed by atoms with van der Waals surface area (Å²) in [6.07, 6.45) is 0. The summed E-state index contributed by atoms with van der Waals surface area (Å²) in [7, 11) is 0. The molecule has 5 aromatic heterocycles. The molecule has 0 saturated carbocycles. The van der Waals surface area contributed by atoms with Crippen LogP contribution in [0.1, 0.15) is 22.3 Å². The molecule has 8 aromatic rings. The SMILES string of the molecule is Cc1c(C)c2sc3sc4sc5c(C)c(C)c6scc7c8csc1c8c2c3c4c5c67. The highest BCUT2D eigenvalue weighted by atomic mass is 32.2. The number of benzene rings is 2. The van der Waals surface area contributed by atoms with E-state index in [9.17, 15) is 0 Å². The van der Waals surface area contributed by atoms with Crippen LogP contribution in [0.5, 0.6) is 0 Å². The fraction of sp³-hybridized carbons (Fsp3) is 0.167. The minimum atomic E-state index is 1.46. The smallest absolute Gasteiger partial charge is 0.0899 e. The van der Waals surface area contributed by atoms with Gasteiger partial charge in [-0.2, -0.15) is 0 Å². The summed E-state index contributed by atoms with van der Waals surface area (Å²) < 4.78 is 9.02. The van der Waals surface area contributed by atoms with Crippen LogP contribution in [0.25, 0.3) is 69.9 Å². The van der Waals surface area contributed by atoms with Crippen molar-refractivity contribution in [2.24, 2.45) is 0 Å². The van der Waals surface area contributed by atoms with Gasteiger partial charge in [0.05, 0.1) is 8.03 Å². The van der Waals surface area contributed by atoms with Gasteiger partial charge in [0.15, 0.2) is 0 Å². The summed E-state index contributed by atoms with van der Waals surface area (Å²) in [5.74, 6) is 0. The third-order valence-corrected chi connectivity index (χ3v) is 13.2. The second kappa shape index (κ2) is 4.87. The number of aryl methyl sites for hydroxylation is 4. The molecule has 0 aliphatic carbocycles. The molecular formula is C24H14S5. The Balaban J connectivity index is 1.95. The van der Waals surface area contributed by atoms with Crippen LogP contribution in [0.3, 0.4) is 0 Å². The highest BCUT2D eigenvalue weighted by molar-refractivity contribution is 7.52. The van der Waals surface area contributed by atoms with E-state index in [0.29, 0.717) is 0 Å². The normalized spacial score (nSPS) is 13.5. The molecule has 0 aliphatic heterocycles. The molecule has 0 aliphatic rings. The van der Waals surface area contributed by atoms with Crippen LogP contribution in [-0.4, -0.2) is 0 Å². The highest BCUT2D eigenvalue weighted by Crippen LogP contribution is 2.58. The number of fused-ring (bicyclic) bond motifs is 1. The molecule has 3 aromatic carbocycles. The minimum absolute atomic E-state index is 1.46. The van der Waals surface area contributed by atoms with Gasteiger partial charge in [-0.15, -0.1) is 56.7 Å². The Labute approximate surface area is 186 Å². The topological polar surface area (TPSA) is 0 Å². The first kappa shape index (κ1) is 16.2. The minimum Gasteiger partial charge on any atom is -0.143 e. The summed E-state index contributed by atoms with van der Waals surface area (Å²) in [6, 6.07) is 0. The predicted octanol–water partition coefficient (Wildman–Crippen LogP) is 10.2. The number of hydrogen-bond acceptors (Lipinski definition) is 5. The van der Waals surface area contributed by atoms with Gasteiger partial charge >= 0.3 is 0 Å². The molecule has 0 bridgehead atoms. The molecular weight excluding hydrogens is 449 g/mol. The molecule has 29 heavy (non-hydrogen) atoms. The van der Waals surface area contributed by atoms with Crippen molar-refractivity contribution in [2.75, 3.05) is 0 Å². The van der Waals surface area contributed by atoms with Crippen LogP contribution in [0.2, 0.25) is 0 Å². The molecule has 0 radical (unpaired) electrons. The van der Waals surface area contributed by atoms with Gasteiger partial charge < -0.3 is 0 Å². The van der Waals surface area contributed by atoms with Gasteiger partial charge in [0.1, 0.15) is 0 Å². The molecule has 0 fully saturated rings. The van der Waals surface area contributed by atoms with Crippen LogP contribution in [0, 0.1) is 27.7 Å². The van der Waals surface area contributed by atoms with E-state index in [1.165, 1.54) is 81.4 Å². The molecule has 5 heteroatoms. The molecule has 0 unspecified atom stereocenters. The van der Waals surface area contributed by atoms with Gasteiger partial charge in [-0.05, 0) is 60.7 Å². The maximum Gasteiger partial charge on any atom is 0.0899 e. The Morgan fingerprint density at radius 3 is 1.31 bits per heavy atom. The average Bonchev–Trinajstić information content (AvgIpc) is 3.45. The fourth-order valence-electron chi connectivity index (χ4n) is 5.35. The Kier molecular flexibility index (Phi) is 2.72. The zero-order chi connectivity index (χ0) is 19.3. The van der Waals surface area contributed by atoms with Crippen molar-refractivity contribution in [3.63, 3.8) is 0 Å². The van der Waals surface area contributed by atoms with E-state index in [1.54, 1.807) is 10.8 Å². The molecule has 0 nitrogen and oxygen atoms in total. The van der Waals surface area contributed by atoms with Crippen molar-refractivity contribution >= 4 is 127 Å². The molecule has 140 valence electrons. The van der Waals surface area contributed by atoms with Gasteiger partial charge in [-0.3, -0.25) is 0 Å². The van der Waals surface area contributed by atoms with Gasteiger partial charge in [0, 0.05) is 61.9 Å². The summed E-state index contributed by atoms with van der Waals surface area (Å²) in [5, 5.41) is 17.0. The van der Waals surface area contributed by atoms with Crippen molar-refractivity contribution in [3.8, 4) is 0 Å². The van der Waals surface area contributed by atoms with Gasteiger partial charge in [0.25, 0.3) is 0 Å². The first-order valence-electron chi connectivity index (χ1n) is 9.68. The van der Waals surface area contributed by atoms with E-state index in [1.807, 2.05) is 56.7 Å². The summed E-state index contributed by atoms with van der Waals surface area (Å²) >= 11 is 9.97. The fourth-order valence-corrected chi connectivity index (χ4v) is 12.1. The lowest BCUT2D eigenvalue weighted by Gasteiger charge is -2.09. The maximum absolute atomic E-state index is 2.43. The molecule has 5 heterocycles. The number of thiophene rings is 5. The van der Waals surface area contributed by atoms with E-state index in [2.05, 4.69) is 38.5 Å². The third kappa shape index (κ3) is 1.57. The van der Waals surface area contributed by atoms with Gasteiger partial charge in [-0.1, -0.05) is 0 Å². The predicted molar refractivity (Wildman–Crippen MR) is 140 cm³/mol. The summed E-state index contributed by atoms with van der Waals surface area (Å²) in [4.78, 5) is 0. The Morgan fingerprint density at radius 2 is 0.862 bits per heavy atom. The van der Waals surface area contributed by atoms with E-state index in [0.717, 1.165) is 0 Å². The average molecular weight is 463 g/mol. The zero-order valence-electron chi connectivity index (χ0n) is 16.2. The first-order chi connectivity index (χ1) is 14.1. The van der Waals surface area contributed by atoms with Crippen LogP contribution in [0.15, 0.2) is 10.8 Å². The van der Waals surface area contributed by atoms with Crippen LogP contribution >= 0.6 is 56.7 Å². The molecule has 0 atom stereocenters. The Bertz CT molecular complexity index is 1800. The zero-order valence-corrected chi connectivity index (χ0v) is 20.3. The summed E-state index contributed by atoms with van der Waals surface area (Å²) in [5.41, 5.74) is 5.89. The lowest BCUT2D eigenvalue weighted by molar-refractivity contribution is 1.44. The van der Waals surface area contributed by atoms with E-state index < -0.39 is 0 Å². The molecule has 0 saturated heterocycles. The lowest BCUT2D eigenvalue weighted by atomic mass is 9.94. The van der Waals surface area contributed by atoms with Crippen LogP contribution < -0.4 is 0 Å². The monoisotopic (exact) mass is 462 g/mol. The lowest BCUT2D eigenvalue weighted by Crippen LogP contribution is -1.85. The number of rotatable bonds is 0. The highest BCUT2D eigenvalue weighted by Gasteiger charge is 2.27. The molecule has 8 rings (SSSR count). The van der Waals surface area contributed by atoms with E-state index >= 15 is 0 Å². The largest absolute Gasteiger partial charge is 0.143 e. The van der Waals surface area contributed by atoms with Gasteiger partial charge in [-0.25, -0.2) is 0 Å². The maximum atomic E-state index is 2.43. The van der Waals surface area contributed by atoms with Crippen molar-refractivity contribution in [1.82, 2.24) is 0 Å². The Morgan fingerprint density at radius 1 is 0.448 bits per heavy atom. The number of hydrogen-bond donors (Lipinski definition) is 0. The van der Waals surface area contributed by atoms with Crippen molar-refractivity contribution in [3.05, 3.63) is 33.0 Å². The molecule has 0 N–H and O–H groups in total. The molecule has 0 amide bonds. The summed E-state index contributed by atoms with van der Waals surface area (Å²) in [6.45, 7) is 9.29. The van der Waals surface area contributed by atoms with Crippen molar-refractivity contribution in [2.45, 2.75) is 27.7 Å². The first-order valence-corrected chi connectivity index (χ1v) is 13.9. The second-order valence-corrected chi connectivity index (χ2v) is 13.6. The quantitative estimate of drug-likeness (QED) is 0.210. The van der Waals surface area contributed by atoms with Crippen LogP contribution in [-0.2, 0) is 0 Å². The van der Waals surface area contributed by atoms with Crippen molar-refractivity contribution in [1.29, 1.82) is 0 Å². The third-order valence-electron chi connectivity index (χ3n) is 7.05. The second-order valence-electron chi connectivity index (χ2n) is 8.25.